The van der Waals surface area contributed by atoms with E-state index in [1.54, 1.807) is 0 Å². The third kappa shape index (κ3) is 7.85. The zero-order valence-corrected chi connectivity index (χ0v) is 8.66. The van der Waals surface area contributed by atoms with Crippen LogP contribution in [0.1, 0.15) is 6.42 Å². The van der Waals surface area contributed by atoms with Gasteiger partial charge in [-0.3, -0.25) is 14.1 Å². The first kappa shape index (κ1) is 13.8. The molecule has 2 amide bonds. The Labute approximate surface area is 86.7 Å². The van der Waals surface area contributed by atoms with Crippen molar-refractivity contribution in [3.8, 4) is 0 Å². The molecule has 0 fully saturated rings. The van der Waals surface area contributed by atoms with Crippen molar-refractivity contribution in [2.75, 3.05) is 12.3 Å². The molecule has 0 radical (unpaired) electrons. The van der Waals surface area contributed by atoms with Crippen LogP contribution < -0.4 is 16.8 Å². The summed E-state index contributed by atoms with van der Waals surface area (Å²) < 4.78 is 28.8. The fraction of sp³-hybridized carbons (Fsp3) is 0.667. The van der Waals surface area contributed by atoms with Crippen molar-refractivity contribution in [1.82, 2.24) is 5.32 Å². The lowest BCUT2D eigenvalue weighted by atomic mass is 10.2. The van der Waals surface area contributed by atoms with E-state index in [4.69, 9.17) is 16.0 Å². The van der Waals surface area contributed by atoms with Gasteiger partial charge in [0.15, 0.2) is 0 Å². The molecule has 0 aliphatic carbocycles. The SMILES string of the molecule is NC(=O)C[C@H](N)C(=O)NCCS(=O)(=O)O. The molecule has 0 rings (SSSR count). The monoisotopic (exact) mass is 239 g/mol. The van der Waals surface area contributed by atoms with Gasteiger partial charge in [-0.15, -0.1) is 0 Å². The maximum Gasteiger partial charge on any atom is 0.266 e. The molecule has 0 aromatic heterocycles. The van der Waals surface area contributed by atoms with Crippen molar-refractivity contribution in [2.45, 2.75) is 12.5 Å². The van der Waals surface area contributed by atoms with Crippen LogP contribution in [0.5, 0.6) is 0 Å². The Morgan fingerprint density at radius 2 is 1.93 bits per heavy atom. The molecule has 0 aliphatic rings. The van der Waals surface area contributed by atoms with E-state index in [2.05, 4.69) is 5.32 Å². The summed E-state index contributed by atoms with van der Waals surface area (Å²) in [4.78, 5) is 21.4. The topological polar surface area (TPSA) is 153 Å². The van der Waals surface area contributed by atoms with Crippen molar-refractivity contribution in [1.29, 1.82) is 0 Å². The summed E-state index contributed by atoms with van der Waals surface area (Å²) in [7, 11) is -4.12. The summed E-state index contributed by atoms with van der Waals surface area (Å²) in [5.74, 6) is -2.04. The van der Waals surface area contributed by atoms with Crippen molar-refractivity contribution in [3.05, 3.63) is 0 Å². The number of nitrogens with two attached hydrogens (primary N) is 2. The lowest BCUT2D eigenvalue weighted by Gasteiger charge is -2.09. The second kappa shape index (κ2) is 5.63. The molecule has 0 aliphatic heterocycles. The number of hydrogen-bond acceptors (Lipinski definition) is 5. The average Bonchev–Trinajstić information content (AvgIpc) is 2.00. The maximum atomic E-state index is 11.0. The van der Waals surface area contributed by atoms with Gasteiger partial charge in [-0.05, 0) is 0 Å². The molecule has 88 valence electrons. The number of rotatable bonds is 6. The first-order valence-corrected chi connectivity index (χ1v) is 5.60. The quantitative estimate of drug-likeness (QED) is 0.367. The van der Waals surface area contributed by atoms with Gasteiger partial charge in [-0.1, -0.05) is 0 Å². The molecule has 0 spiro atoms. The minimum atomic E-state index is -4.12. The van der Waals surface area contributed by atoms with E-state index in [1.807, 2.05) is 0 Å². The van der Waals surface area contributed by atoms with Crippen molar-refractivity contribution in [2.24, 2.45) is 11.5 Å². The summed E-state index contributed by atoms with van der Waals surface area (Å²) in [6.45, 7) is -0.274. The number of carbonyl (C=O) groups is 2. The van der Waals surface area contributed by atoms with Gasteiger partial charge >= 0.3 is 0 Å². The van der Waals surface area contributed by atoms with Gasteiger partial charge in [0.2, 0.25) is 11.8 Å². The molecular weight excluding hydrogens is 226 g/mol. The van der Waals surface area contributed by atoms with Crippen LogP contribution >= 0.6 is 0 Å². The first-order chi connectivity index (χ1) is 6.72. The van der Waals surface area contributed by atoms with Crippen LogP contribution in [0.25, 0.3) is 0 Å². The second-order valence-electron chi connectivity index (χ2n) is 2.85. The van der Waals surface area contributed by atoms with E-state index in [-0.39, 0.29) is 13.0 Å². The molecule has 6 N–H and O–H groups in total. The summed E-state index contributed by atoms with van der Waals surface area (Å²) >= 11 is 0. The molecule has 0 saturated carbocycles. The highest BCUT2D eigenvalue weighted by Crippen LogP contribution is 1.87. The third-order valence-electron chi connectivity index (χ3n) is 1.42. The molecule has 9 heteroatoms. The average molecular weight is 239 g/mol. The predicted octanol–water partition coefficient (Wildman–Crippen LogP) is -2.81. The Morgan fingerprint density at radius 1 is 1.40 bits per heavy atom. The van der Waals surface area contributed by atoms with Crippen LogP contribution in [0.4, 0.5) is 0 Å². The molecule has 0 unspecified atom stereocenters. The van der Waals surface area contributed by atoms with E-state index < -0.39 is 33.7 Å². The Kier molecular flexibility index (Phi) is 5.19. The van der Waals surface area contributed by atoms with Crippen LogP contribution in [0.15, 0.2) is 0 Å². The predicted molar refractivity (Wildman–Crippen MR) is 51.2 cm³/mol. The van der Waals surface area contributed by atoms with Crippen LogP contribution in [-0.2, 0) is 19.7 Å². The van der Waals surface area contributed by atoms with Gasteiger partial charge < -0.3 is 16.8 Å². The van der Waals surface area contributed by atoms with E-state index in [0.29, 0.717) is 0 Å². The van der Waals surface area contributed by atoms with Gasteiger partial charge in [0, 0.05) is 6.54 Å². The molecule has 0 heterocycles. The molecule has 8 nitrogen and oxygen atoms in total. The second-order valence-corrected chi connectivity index (χ2v) is 4.43. The highest BCUT2D eigenvalue weighted by atomic mass is 32.2. The largest absolute Gasteiger partial charge is 0.370 e. The van der Waals surface area contributed by atoms with Gasteiger partial charge in [0.05, 0.1) is 18.2 Å². The van der Waals surface area contributed by atoms with E-state index in [0.717, 1.165) is 0 Å². The Hall–Kier alpha value is -1.19. The fourth-order valence-electron chi connectivity index (χ4n) is 0.744. The molecular formula is C6H13N3O5S. The number of primary amides is 1. The van der Waals surface area contributed by atoms with Crippen molar-refractivity contribution in [3.63, 3.8) is 0 Å². The number of carbonyl (C=O) groups excluding carboxylic acids is 2. The lowest BCUT2D eigenvalue weighted by Crippen LogP contribution is -2.44. The molecule has 15 heavy (non-hydrogen) atoms. The van der Waals surface area contributed by atoms with E-state index in [1.165, 1.54) is 0 Å². The molecule has 1 atom stereocenters. The smallest absolute Gasteiger partial charge is 0.266 e. The molecule has 0 bridgehead atoms. The van der Waals surface area contributed by atoms with E-state index >= 15 is 0 Å². The lowest BCUT2D eigenvalue weighted by molar-refractivity contribution is -0.126. The van der Waals surface area contributed by atoms with Crippen molar-refractivity contribution < 1.29 is 22.6 Å². The van der Waals surface area contributed by atoms with E-state index in [9.17, 15) is 18.0 Å². The van der Waals surface area contributed by atoms with Crippen LogP contribution in [-0.4, -0.2) is 43.1 Å². The Morgan fingerprint density at radius 3 is 2.33 bits per heavy atom. The summed E-state index contributed by atoms with van der Waals surface area (Å²) in [5.41, 5.74) is 10.0. The van der Waals surface area contributed by atoms with Crippen LogP contribution in [0.3, 0.4) is 0 Å². The molecule has 0 aromatic carbocycles. The molecule has 0 aromatic rings. The third-order valence-corrected chi connectivity index (χ3v) is 2.14. The summed E-state index contributed by atoms with van der Waals surface area (Å²) in [5, 5.41) is 2.13. The highest BCUT2D eigenvalue weighted by Gasteiger charge is 2.16. The van der Waals surface area contributed by atoms with Gasteiger partial charge in [-0.2, -0.15) is 8.42 Å². The Bertz CT molecular complexity index is 339. The van der Waals surface area contributed by atoms with Crippen LogP contribution in [0, 0.1) is 0 Å². The molecule has 0 saturated heterocycles. The van der Waals surface area contributed by atoms with Gasteiger partial charge in [-0.25, -0.2) is 0 Å². The number of amides is 2. The zero-order valence-electron chi connectivity index (χ0n) is 7.84. The fourth-order valence-corrected chi connectivity index (χ4v) is 1.10. The zero-order chi connectivity index (χ0) is 12.1. The number of nitrogens with one attached hydrogen (secondary N) is 1. The maximum absolute atomic E-state index is 11.0. The first-order valence-electron chi connectivity index (χ1n) is 3.99. The minimum absolute atomic E-state index is 0.274. The summed E-state index contributed by atoms with van der Waals surface area (Å²) in [6.07, 6.45) is -0.322. The Balaban J connectivity index is 3.89. The van der Waals surface area contributed by atoms with Crippen LogP contribution in [0.2, 0.25) is 0 Å². The minimum Gasteiger partial charge on any atom is -0.370 e. The standard InChI is InChI=1S/C6H13N3O5S/c7-4(3-5(8)10)6(11)9-1-2-15(12,13)14/h4H,1-3,7H2,(H2,8,10)(H,9,11)(H,12,13,14)/t4-/m0/s1. The number of hydrogen-bond donors (Lipinski definition) is 4. The summed E-state index contributed by atoms with van der Waals surface area (Å²) in [6, 6.07) is -1.11. The van der Waals surface area contributed by atoms with Crippen molar-refractivity contribution >= 4 is 21.9 Å². The normalized spacial score (nSPS) is 13.2. The highest BCUT2D eigenvalue weighted by molar-refractivity contribution is 7.85. The van der Waals surface area contributed by atoms with Gasteiger partial charge in [0.25, 0.3) is 10.1 Å². The van der Waals surface area contributed by atoms with Gasteiger partial charge in [0.1, 0.15) is 0 Å².